The van der Waals surface area contributed by atoms with Crippen molar-refractivity contribution < 1.29 is 4.92 Å². The number of hydrogen-bond donors (Lipinski definition) is 1. The summed E-state index contributed by atoms with van der Waals surface area (Å²) in [5.74, 6) is 0. The number of nitrogens with zero attached hydrogens (tertiary/aromatic N) is 1. The molecule has 0 saturated heterocycles. The second-order valence-electron chi connectivity index (χ2n) is 6.38. The van der Waals surface area contributed by atoms with Crippen LogP contribution in [0.15, 0.2) is 82.6 Å². The van der Waals surface area contributed by atoms with E-state index in [1.54, 1.807) is 11.8 Å². The van der Waals surface area contributed by atoms with Crippen molar-refractivity contribution in [3.63, 3.8) is 0 Å². The van der Waals surface area contributed by atoms with Gasteiger partial charge in [-0.2, -0.15) is 0 Å². The van der Waals surface area contributed by atoms with Crippen molar-refractivity contribution in [2.24, 2.45) is 0 Å². The van der Waals surface area contributed by atoms with E-state index in [1.807, 2.05) is 42.5 Å². The van der Waals surface area contributed by atoms with Crippen LogP contribution in [0.5, 0.6) is 0 Å². The monoisotopic (exact) mass is 412 g/mol. The Morgan fingerprint density at radius 2 is 1.75 bits per heavy atom. The van der Waals surface area contributed by atoms with Crippen molar-refractivity contribution in [3.8, 4) is 0 Å². The Kier molecular flexibility index (Phi) is 7.34. The summed E-state index contributed by atoms with van der Waals surface area (Å²) in [4.78, 5) is 12.3. The van der Waals surface area contributed by atoms with Gasteiger partial charge in [0.25, 0.3) is 0 Å². The van der Waals surface area contributed by atoms with Crippen LogP contribution in [0.4, 0.5) is 5.69 Å². The SMILES string of the molecule is O=[N+]([O-])CCCc1ccc(Sc2cccc(NCc3ccccc3)c2)cc1Cl. The van der Waals surface area contributed by atoms with Crippen molar-refractivity contribution in [1.82, 2.24) is 0 Å². The fourth-order valence-electron chi connectivity index (χ4n) is 2.80. The number of aryl methyl sites for hydroxylation is 1. The number of nitrogens with one attached hydrogen (secondary N) is 1. The van der Waals surface area contributed by atoms with Gasteiger partial charge in [-0.05, 0) is 47.9 Å². The summed E-state index contributed by atoms with van der Waals surface area (Å²) in [7, 11) is 0. The second kappa shape index (κ2) is 10.2. The molecule has 0 heterocycles. The lowest BCUT2D eigenvalue weighted by Crippen LogP contribution is -2.02. The lowest BCUT2D eigenvalue weighted by atomic mass is 10.1. The van der Waals surface area contributed by atoms with Crippen LogP contribution in [0.25, 0.3) is 0 Å². The van der Waals surface area contributed by atoms with Crippen molar-refractivity contribution in [3.05, 3.63) is 99.1 Å². The summed E-state index contributed by atoms with van der Waals surface area (Å²) in [5, 5.41) is 14.6. The Balaban J connectivity index is 1.60. The van der Waals surface area contributed by atoms with Crippen molar-refractivity contribution in [2.45, 2.75) is 29.2 Å². The zero-order valence-corrected chi connectivity index (χ0v) is 16.9. The van der Waals surface area contributed by atoms with E-state index in [2.05, 4.69) is 35.6 Å². The zero-order chi connectivity index (χ0) is 19.8. The van der Waals surface area contributed by atoms with E-state index in [-0.39, 0.29) is 11.5 Å². The fourth-order valence-corrected chi connectivity index (χ4v) is 4.06. The average molecular weight is 413 g/mol. The first-order valence-electron chi connectivity index (χ1n) is 9.06. The molecule has 28 heavy (non-hydrogen) atoms. The molecule has 0 aliphatic rings. The Morgan fingerprint density at radius 1 is 0.964 bits per heavy atom. The highest BCUT2D eigenvalue weighted by Crippen LogP contribution is 2.32. The molecule has 0 aliphatic carbocycles. The summed E-state index contributed by atoms with van der Waals surface area (Å²) in [6, 6.07) is 24.5. The first kappa shape index (κ1) is 20.2. The van der Waals surface area contributed by atoms with Crippen molar-refractivity contribution in [1.29, 1.82) is 0 Å². The highest BCUT2D eigenvalue weighted by atomic mass is 35.5. The van der Waals surface area contributed by atoms with Crippen LogP contribution in [0.3, 0.4) is 0 Å². The second-order valence-corrected chi connectivity index (χ2v) is 7.94. The third-order valence-electron chi connectivity index (χ3n) is 4.22. The number of benzene rings is 3. The van der Waals surface area contributed by atoms with Gasteiger partial charge in [-0.15, -0.1) is 0 Å². The van der Waals surface area contributed by atoms with Crippen LogP contribution in [-0.2, 0) is 13.0 Å². The van der Waals surface area contributed by atoms with Gasteiger partial charge in [-0.1, -0.05) is 65.8 Å². The molecule has 0 spiro atoms. The summed E-state index contributed by atoms with van der Waals surface area (Å²) in [6.07, 6.45) is 1.11. The predicted octanol–water partition coefficient (Wildman–Crippen LogP) is 6.31. The molecule has 0 aromatic heterocycles. The molecule has 0 atom stereocenters. The molecule has 4 nitrogen and oxygen atoms in total. The largest absolute Gasteiger partial charge is 0.381 e. The maximum atomic E-state index is 10.5. The molecule has 144 valence electrons. The predicted molar refractivity (Wildman–Crippen MR) is 116 cm³/mol. The van der Waals surface area contributed by atoms with Gasteiger partial charge < -0.3 is 5.32 Å². The molecular weight excluding hydrogens is 392 g/mol. The Hall–Kier alpha value is -2.50. The number of rotatable bonds is 9. The quantitative estimate of drug-likeness (QED) is 0.330. The van der Waals surface area contributed by atoms with Gasteiger partial charge in [0.2, 0.25) is 6.54 Å². The molecule has 0 amide bonds. The van der Waals surface area contributed by atoms with E-state index >= 15 is 0 Å². The number of halogens is 1. The van der Waals surface area contributed by atoms with E-state index in [9.17, 15) is 10.1 Å². The molecular formula is C22H21ClN2O2S. The third kappa shape index (κ3) is 6.29. The van der Waals surface area contributed by atoms with Gasteiger partial charge in [0, 0.05) is 38.4 Å². The standard InChI is InChI=1S/C22H21ClN2O2S/c23-22-15-21(12-11-18(22)8-5-13-25(26)27)28-20-10-4-9-19(14-20)24-16-17-6-2-1-3-7-17/h1-4,6-7,9-12,14-15,24H,5,8,13,16H2. The smallest absolute Gasteiger partial charge is 0.204 e. The molecule has 3 aromatic rings. The summed E-state index contributed by atoms with van der Waals surface area (Å²) < 4.78 is 0. The maximum Gasteiger partial charge on any atom is 0.204 e. The molecule has 0 aliphatic heterocycles. The minimum Gasteiger partial charge on any atom is -0.381 e. The van der Waals surface area contributed by atoms with Crippen LogP contribution in [-0.4, -0.2) is 11.5 Å². The van der Waals surface area contributed by atoms with E-state index in [4.69, 9.17) is 11.6 Å². The Bertz CT molecular complexity index is 935. The van der Waals surface area contributed by atoms with E-state index in [0.29, 0.717) is 17.9 Å². The summed E-state index contributed by atoms with van der Waals surface area (Å²) in [6.45, 7) is 0.745. The highest BCUT2D eigenvalue weighted by molar-refractivity contribution is 7.99. The molecule has 3 aromatic carbocycles. The van der Waals surface area contributed by atoms with Gasteiger partial charge in [0.15, 0.2) is 0 Å². The van der Waals surface area contributed by atoms with Crippen LogP contribution in [0, 0.1) is 10.1 Å². The fraction of sp³-hybridized carbons (Fsp3) is 0.182. The highest BCUT2D eigenvalue weighted by Gasteiger charge is 2.06. The van der Waals surface area contributed by atoms with Crippen LogP contribution in [0.2, 0.25) is 5.02 Å². The maximum absolute atomic E-state index is 10.5. The zero-order valence-electron chi connectivity index (χ0n) is 15.3. The van der Waals surface area contributed by atoms with E-state index in [0.717, 1.165) is 27.6 Å². The van der Waals surface area contributed by atoms with E-state index < -0.39 is 0 Å². The normalized spacial score (nSPS) is 10.6. The molecule has 0 saturated carbocycles. The lowest BCUT2D eigenvalue weighted by molar-refractivity contribution is -0.480. The lowest BCUT2D eigenvalue weighted by Gasteiger charge is -2.10. The average Bonchev–Trinajstić information content (AvgIpc) is 2.69. The van der Waals surface area contributed by atoms with Gasteiger partial charge in [0.1, 0.15) is 0 Å². The first-order valence-corrected chi connectivity index (χ1v) is 10.3. The van der Waals surface area contributed by atoms with Gasteiger partial charge >= 0.3 is 0 Å². The van der Waals surface area contributed by atoms with Crippen LogP contribution >= 0.6 is 23.4 Å². The van der Waals surface area contributed by atoms with Crippen LogP contribution < -0.4 is 5.32 Å². The topological polar surface area (TPSA) is 55.2 Å². The number of hydrogen-bond acceptors (Lipinski definition) is 4. The molecule has 6 heteroatoms. The number of anilines is 1. The Morgan fingerprint density at radius 3 is 2.50 bits per heavy atom. The molecule has 0 unspecified atom stereocenters. The minimum atomic E-state index is -0.295. The molecule has 3 rings (SSSR count). The molecule has 0 fully saturated rings. The van der Waals surface area contributed by atoms with E-state index in [1.165, 1.54) is 5.56 Å². The van der Waals surface area contributed by atoms with Gasteiger partial charge in [-0.25, -0.2) is 0 Å². The summed E-state index contributed by atoms with van der Waals surface area (Å²) in [5.41, 5.74) is 3.25. The Labute approximate surface area is 174 Å². The van der Waals surface area contributed by atoms with Crippen molar-refractivity contribution in [2.75, 3.05) is 11.9 Å². The molecule has 0 radical (unpaired) electrons. The minimum absolute atomic E-state index is 0.0321. The third-order valence-corrected chi connectivity index (χ3v) is 5.55. The number of nitro groups is 1. The summed E-state index contributed by atoms with van der Waals surface area (Å²) >= 11 is 8.01. The first-order chi connectivity index (χ1) is 13.6. The van der Waals surface area contributed by atoms with Gasteiger partial charge in [-0.3, -0.25) is 10.1 Å². The molecule has 0 bridgehead atoms. The van der Waals surface area contributed by atoms with Gasteiger partial charge in [0.05, 0.1) is 0 Å². The van der Waals surface area contributed by atoms with Crippen molar-refractivity contribution >= 4 is 29.1 Å². The molecule has 1 N–H and O–H groups in total. The van der Waals surface area contributed by atoms with Crippen LogP contribution in [0.1, 0.15) is 17.5 Å².